The maximum atomic E-state index is 12.0. The minimum absolute atomic E-state index is 0.0920. The fourth-order valence-electron chi connectivity index (χ4n) is 1.67. The number of hydrogen-bond donors (Lipinski definition) is 3. The largest absolute Gasteiger partial charge is 0.484 e. The van der Waals surface area contributed by atoms with Gasteiger partial charge < -0.3 is 20.9 Å². The van der Waals surface area contributed by atoms with Gasteiger partial charge in [0.2, 0.25) is 0 Å². The molecule has 0 atom stereocenters. The van der Waals surface area contributed by atoms with Crippen LogP contribution in [-0.2, 0) is 4.79 Å². The molecule has 0 heterocycles. The average molecular weight is 294 g/mol. The Kier molecular flexibility index (Phi) is 6.17. The smallest absolute Gasteiger partial charge is 0.255 e. The van der Waals surface area contributed by atoms with Crippen LogP contribution in [0.1, 0.15) is 30.6 Å². The summed E-state index contributed by atoms with van der Waals surface area (Å²) in [6.07, 6.45) is 0.618. The van der Waals surface area contributed by atoms with Crippen LogP contribution in [0.4, 0.5) is 0 Å². The van der Waals surface area contributed by atoms with Crippen LogP contribution in [0.15, 0.2) is 24.3 Å². The molecular weight excluding hydrogens is 272 g/mol. The van der Waals surface area contributed by atoms with Crippen molar-refractivity contribution in [3.05, 3.63) is 29.8 Å². The van der Waals surface area contributed by atoms with E-state index in [1.54, 1.807) is 24.3 Å². The van der Waals surface area contributed by atoms with E-state index in [1.807, 2.05) is 13.8 Å². The van der Waals surface area contributed by atoms with Crippen LogP contribution in [0.2, 0.25) is 0 Å². The van der Waals surface area contributed by atoms with Gasteiger partial charge in [-0.1, -0.05) is 13.8 Å². The van der Waals surface area contributed by atoms with Crippen LogP contribution in [0.5, 0.6) is 5.75 Å². The molecule has 0 aliphatic heterocycles. The fourth-order valence-corrected chi connectivity index (χ4v) is 1.67. The Morgan fingerprint density at radius 3 is 2.43 bits per heavy atom. The number of amides is 2. The lowest BCUT2D eigenvalue weighted by atomic mass is 9.89. The predicted octanol–water partition coefficient (Wildman–Crippen LogP) is 0.689. The second kappa shape index (κ2) is 7.64. The van der Waals surface area contributed by atoms with Crippen molar-refractivity contribution in [2.45, 2.75) is 20.3 Å². The number of aliphatic hydroxyl groups is 1. The molecule has 0 fully saturated rings. The standard InChI is InChI=1S/C15H22N2O4/c1-15(2,7-8-18)10-17-14(20)11-3-5-12(6-4-11)21-9-13(16)19/h3-6,18H,7-10H2,1-2H3,(H2,16,19)(H,17,20). The Balaban J connectivity index is 2.53. The number of carbonyl (C=O) groups is 2. The number of ether oxygens (including phenoxy) is 1. The highest BCUT2D eigenvalue weighted by atomic mass is 16.5. The highest BCUT2D eigenvalue weighted by Crippen LogP contribution is 2.18. The fraction of sp³-hybridized carbons (Fsp3) is 0.467. The summed E-state index contributed by atoms with van der Waals surface area (Å²) in [5.74, 6) is -0.267. The zero-order valence-electron chi connectivity index (χ0n) is 12.4. The third kappa shape index (κ3) is 6.27. The van der Waals surface area contributed by atoms with Gasteiger partial charge in [-0.3, -0.25) is 9.59 Å². The van der Waals surface area contributed by atoms with E-state index in [2.05, 4.69) is 5.32 Å². The lowest BCUT2D eigenvalue weighted by Gasteiger charge is -2.23. The van der Waals surface area contributed by atoms with Crippen LogP contribution < -0.4 is 15.8 Å². The minimum Gasteiger partial charge on any atom is -0.484 e. The molecule has 4 N–H and O–H groups in total. The van der Waals surface area contributed by atoms with E-state index in [0.717, 1.165) is 0 Å². The summed E-state index contributed by atoms with van der Waals surface area (Å²) < 4.78 is 5.11. The second-order valence-electron chi connectivity index (χ2n) is 5.60. The van der Waals surface area contributed by atoms with Crippen molar-refractivity contribution in [1.82, 2.24) is 5.32 Å². The first-order valence-electron chi connectivity index (χ1n) is 6.74. The van der Waals surface area contributed by atoms with E-state index >= 15 is 0 Å². The maximum absolute atomic E-state index is 12.0. The summed E-state index contributed by atoms with van der Waals surface area (Å²) in [5.41, 5.74) is 5.32. The molecule has 0 aromatic heterocycles. The third-order valence-electron chi connectivity index (χ3n) is 3.01. The molecule has 0 bridgehead atoms. The number of benzene rings is 1. The quantitative estimate of drug-likeness (QED) is 0.656. The number of carbonyl (C=O) groups excluding carboxylic acids is 2. The maximum Gasteiger partial charge on any atom is 0.255 e. The molecule has 1 rings (SSSR count). The van der Waals surface area contributed by atoms with E-state index in [9.17, 15) is 9.59 Å². The van der Waals surface area contributed by atoms with E-state index in [4.69, 9.17) is 15.6 Å². The molecule has 6 nitrogen and oxygen atoms in total. The van der Waals surface area contributed by atoms with Crippen LogP contribution >= 0.6 is 0 Å². The molecule has 0 saturated carbocycles. The molecule has 1 aromatic rings. The van der Waals surface area contributed by atoms with Gasteiger partial charge in [0.25, 0.3) is 11.8 Å². The SMILES string of the molecule is CC(C)(CCO)CNC(=O)c1ccc(OCC(N)=O)cc1. The number of nitrogens with two attached hydrogens (primary N) is 1. The molecule has 2 amide bonds. The summed E-state index contributed by atoms with van der Waals surface area (Å²) in [7, 11) is 0. The lowest BCUT2D eigenvalue weighted by Crippen LogP contribution is -2.34. The van der Waals surface area contributed by atoms with Gasteiger partial charge in [-0.2, -0.15) is 0 Å². The normalized spacial score (nSPS) is 11.0. The monoisotopic (exact) mass is 294 g/mol. The van der Waals surface area contributed by atoms with Gasteiger partial charge >= 0.3 is 0 Å². The van der Waals surface area contributed by atoms with E-state index in [1.165, 1.54) is 0 Å². The minimum atomic E-state index is -0.553. The van der Waals surface area contributed by atoms with Crippen molar-refractivity contribution in [3.8, 4) is 5.75 Å². The molecule has 0 unspecified atom stereocenters. The summed E-state index contributed by atoms with van der Waals surface area (Å²) in [4.78, 5) is 22.6. The Hall–Kier alpha value is -2.08. The molecule has 0 aliphatic carbocycles. The van der Waals surface area contributed by atoms with Gasteiger partial charge in [0.1, 0.15) is 5.75 Å². The Labute approximate surface area is 124 Å². The van der Waals surface area contributed by atoms with Crippen molar-refractivity contribution in [1.29, 1.82) is 0 Å². The second-order valence-corrected chi connectivity index (χ2v) is 5.60. The zero-order chi connectivity index (χ0) is 15.9. The van der Waals surface area contributed by atoms with E-state index in [-0.39, 0.29) is 24.5 Å². The molecule has 116 valence electrons. The number of nitrogens with one attached hydrogen (secondary N) is 1. The summed E-state index contributed by atoms with van der Waals surface area (Å²) in [6, 6.07) is 6.45. The van der Waals surface area contributed by atoms with Gasteiger partial charge in [-0.25, -0.2) is 0 Å². The Morgan fingerprint density at radius 1 is 1.29 bits per heavy atom. The molecule has 0 radical (unpaired) electrons. The molecule has 0 spiro atoms. The first kappa shape index (κ1) is 17.0. The van der Waals surface area contributed by atoms with Gasteiger partial charge in [0.05, 0.1) is 0 Å². The summed E-state index contributed by atoms with van der Waals surface area (Å²) in [5, 5.41) is 11.8. The van der Waals surface area contributed by atoms with Crippen molar-refractivity contribution in [2.75, 3.05) is 19.8 Å². The van der Waals surface area contributed by atoms with Crippen molar-refractivity contribution in [2.24, 2.45) is 11.1 Å². The van der Waals surface area contributed by atoms with Crippen LogP contribution in [0.25, 0.3) is 0 Å². The first-order chi connectivity index (χ1) is 9.84. The van der Waals surface area contributed by atoms with E-state index in [0.29, 0.717) is 24.3 Å². The van der Waals surface area contributed by atoms with Gasteiger partial charge in [0.15, 0.2) is 6.61 Å². The summed E-state index contributed by atoms with van der Waals surface area (Å²) >= 11 is 0. The van der Waals surface area contributed by atoms with Gasteiger partial charge in [-0.05, 0) is 36.1 Å². The molecule has 0 saturated heterocycles. The highest BCUT2D eigenvalue weighted by Gasteiger charge is 2.18. The topological polar surface area (TPSA) is 102 Å². The van der Waals surface area contributed by atoms with Crippen molar-refractivity contribution >= 4 is 11.8 Å². The highest BCUT2D eigenvalue weighted by molar-refractivity contribution is 5.94. The van der Waals surface area contributed by atoms with E-state index < -0.39 is 5.91 Å². The first-order valence-corrected chi connectivity index (χ1v) is 6.74. The molecule has 21 heavy (non-hydrogen) atoms. The molecule has 1 aromatic carbocycles. The Morgan fingerprint density at radius 2 is 1.90 bits per heavy atom. The van der Waals surface area contributed by atoms with Crippen LogP contribution in [-0.4, -0.2) is 36.7 Å². The number of rotatable bonds is 8. The zero-order valence-corrected chi connectivity index (χ0v) is 12.4. The molecular formula is C15H22N2O4. The average Bonchev–Trinajstić information content (AvgIpc) is 2.43. The number of primary amides is 1. The number of hydrogen-bond acceptors (Lipinski definition) is 4. The predicted molar refractivity (Wildman–Crippen MR) is 78.9 cm³/mol. The lowest BCUT2D eigenvalue weighted by molar-refractivity contribution is -0.119. The Bertz CT molecular complexity index is 483. The van der Waals surface area contributed by atoms with Gasteiger partial charge in [-0.15, -0.1) is 0 Å². The van der Waals surface area contributed by atoms with Crippen LogP contribution in [0.3, 0.4) is 0 Å². The summed E-state index contributed by atoms with van der Waals surface area (Å²) in [6.45, 7) is 4.33. The van der Waals surface area contributed by atoms with Gasteiger partial charge in [0, 0.05) is 18.7 Å². The molecule has 0 aliphatic rings. The molecule has 6 heteroatoms. The number of aliphatic hydroxyl groups excluding tert-OH is 1. The third-order valence-corrected chi connectivity index (χ3v) is 3.01. The van der Waals surface area contributed by atoms with Crippen molar-refractivity contribution < 1.29 is 19.4 Å². The van der Waals surface area contributed by atoms with Crippen molar-refractivity contribution in [3.63, 3.8) is 0 Å². The van der Waals surface area contributed by atoms with Crippen LogP contribution in [0, 0.1) is 5.41 Å².